The standard InChI is InChI=1S/C22H24N4O/c1-2-3-16-26(21-12-8-5-9-13-21)22(27)15-14-20-18-25(24-23-20)17-19-10-6-4-7-11-19/h4-15,18H,2-3,16-17H2,1H3/b15-14+. The minimum atomic E-state index is -0.0488. The largest absolute Gasteiger partial charge is 0.309 e. The summed E-state index contributed by atoms with van der Waals surface area (Å²) < 4.78 is 1.77. The van der Waals surface area contributed by atoms with Gasteiger partial charge in [0.25, 0.3) is 5.91 Å². The van der Waals surface area contributed by atoms with Crippen molar-refractivity contribution in [1.29, 1.82) is 0 Å². The van der Waals surface area contributed by atoms with E-state index in [0.29, 0.717) is 18.8 Å². The van der Waals surface area contributed by atoms with E-state index in [4.69, 9.17) is 0 Å². The Bertz CT molecular complexity index is 872. The smallest absolute Gasteiger partial charge is 0.251 e. The van der Waals surface area contributed by atoms with Gasteiger partial charge in [0.15, 0.2) is 0 Å². The zero-order valence-corrected chi connectivity index (χ0v) is 15.5. The molecule has 1 amide bonds. The highest BCUT2D eigenvalue weighted by Crippen LogP contribution is 2.15. The maximum Gasteiger partial charge on any atom is 0.251 e. The molecule has 0 aliphatic heterocycles. The summed E-state index contributed by atoms with van der Waals surface area (Å²) in [4.78, 5) is 14.5. The first-order valence-electron chi connectivity index (χ1n) is 9.25. The fourth-order valence-electron chi connectivity index (χ4n) is 2.77. The van der Waals surface area contributed by atoms with Gasteiger partial charge in [-0.3, -0.25) is 4.79 Å². The number of carbonyl (C=O) groups excluding carboxylic acids is 1. The van der Waals surface area contributed by atoms with Gasteiger partial charge in [0.05, 0.1) is 12.7 Å². The molecule has 0 aliphatic carbocycles. The Morgan fingerprint density at radius 2 is 1.78 bits per heavy atom. The number of para-hydroxylation sites is 1. The number of benzene rings is 2. The Morgan fingerprint density at radius 3 is 2.48 bits per heavy atom. The van der Waals surface area contributed by atoms with Crippen molar-refractivity contribution < 1.29 is 4.79 Å². The highest BCUT2D eigenvalue weighted by atomic mass is 16.2. The van der Waals surface area contributed by atoms with E-state index in [2.05, 4.69) is 17.2 Å². The van der Waals surface area contributed by atoms with Crippen LogP contribution in [-0.2, 0) is 11.3 Å². The van der Waals surface area contributed by atoms with E-state index in [9.17, 15) is 4.79 Å². The van der Waals surface area contributed by atoms with Crippen molar-refractivity contribution in [2.45, 2.75) is 26.3 Å². The number of hydrogen-bond acceptors (Lipinski definition) is 3. The number of hydrogen-bond donors (Lipinski definition) is 0. The van der Waals surface area contributed by atoms with Crippen LogP contribution in [0, 0.1) is 0 Å². The molecule has 3 rings (SSSR count). The molecule has 0 saturated carbocycles. The number of rotatable bonds is 8. The van der Waals surface area contributed by atoms with Gasteiger partial charge in [-0.05, 0) is 30.2 Å². The van der Waals surface area contributed by atoms with Gasteiger partial charge in [0, 0.05) is 18.3 Å². The zero-order chi connectivity index (χ0) is 18.9. The first-order valence-corrected chi connectivity index (χ1v) is 9.25. The third kappa shape index (κ3) is 5.38. The van der Waals surface area contributed by atoms with Gasteiger partial charge in [-0.1, -0.05) is 67.1 Å². The Balaban J connectivity index is 1.67. The SMILES string of the molecule is CCCCN(C(=O)/C=C/c1cn(Cc2ccccc2)nn1)c1ccccc1. The highest BCUT2D eigenvalue weighted by Gasteiger charge is 2.12. The first-order chi connectivity index (χ1) is 13.3. The maximum atomic E-state index is 12.7. The number of nitrogens with zero attached hydrogens (tertiary/aromatic N) is 4. The van der Waals surface area contributed by atoms with Crippen molar-refractivity contribution in [2.24, 2.45) is 0 Å². The second kappa shape index (κ2) is 9.48. The third-order valence-electron chi connectivity index (χ3n) is 4.21. The van der Waals surface area contributed by atoms with Gasteiger partial charge in [-0.15, -0.1) is 5.10 Å². The third-order valence-corrected chi connectivity index (χ3v) is 4.21. The summed E-state index contributed by atoms with van der Waals surface area (Å²) in [6, 6.07) is 19.8. The lowest BCUT2D eigenvalue weighted by molar-refractivity contribution is -0.114. The molecule has 0 unspecified atom stereocenters. The van der Waals surface area contributed by atoms with Crippen LogP contribution in [0.15, 0.2) is 72.9 Å². The summed E-state index contributed by atoms with van der Waals surface area (Å²) >= 11 is 0. The van der Waals surface area contributed by atoms with E-state index in [1.807, 2.05) is 66.9 Å². The van der Waals surface area contributed by atoms with E-state index >= 15 is 0 Å². The Labute approximate surface area is 159 Å². The quantitative estimate of drug-likeness (QED) is 0.567. The van der Waals surface area contributed by atoms with Gasteiger partial charge < -0.3 is 4.90 Å². The van der Waals surface area contributed by atoms with Gasteiger partial charge in [0.2, 0.25) is 0 Å². The lowest BCUT2D eigenvalue weighted by atomic mass is 10.2. The summed E-state index contributed by atoms with van der Waals surface area (Å²) in [7, 11) is 0. The van der Waals surface area contributed by atoms with E-state index in [1.54, 1.807) is 21.7 Å². The molecule has 2 aromatic carbocycles. The lowest BCUT2D eigenvalue weighted by Gasteiger charge is -2.21. The van der Waals surface area contributed by atoms with Crippen LogP contribution >= 0.6 is 0 Å². The summed E-state index contributed by atoms with van der Waals surface area (Å²) in [5.74, 6) is -0.0488. The van der Waals surface area contributed by atoms with Crippen molar-refractivity contribution in [3.05, 3.63) is 84.2 Å². The van der Waals surface area contributed by atoms with E-state index in [0.717, 1.165) is 24.1 Å². The number of unbranched alkanes of at least 4 members (excludes halogenated alkanes) is 1. The minimum Gasteiger partial charge on any atom is -0.309 e. The average molecular weight is 360 g/mol. The molecule has 1 aromatic heterocycles. The molecule has 5 nitrogen and oxygen atoms in total. The second-order valence-electron chi connectivity index (χ2n) is 6.34. The number of aromatic nitrogens is 3. The molecular weight excluding hydrogens is 336 g/mol. The van der Waals surface area contributed by atoms with Crippen LogP contribution in [0.4, 0.5) is 5.69 Å². The lowest BCUT2D eigenvalue weighted by Crippen LogP contribution is -2.30. The first kappa shape index (κ1) is 18.6. The molecule has 0 saturated heterocycles. The van der Waals surface area contributed by atoms with Gasteiger partial charge in [0.1, 0.15) is 5.69 Å². The molecule has 1 heterocycles. The van der Waals surface area contributed by atoms with Crippen LogP contribution in [0.1, 0.15) is 31.0 Å². The predicted molar refractivity (Wildman–Crippen MR) is 108 cm³/mol. The van der Waals surface area contributed by atoms with Crippen LogP contribution in [0.25, 0.3) is 6.08 Å². The van der Waals surface area contributed by atoms with Crippen LogP contribution in [0.5, 0.6) is 0 Å². The highest BCUT2D eigenvalue weighted by molar-refractivity contribution is 6.03. The fourth-order valence-corrected chi connectivity index (χ4v) is 2.77. The van der Waals surface area contributed by atoms with Crippen molar-refractivity contribution in [1.82, 2.24) is 15.0 Å². The molecule has 0 aliphatic rings. The molecule has 138 valence electrons. The zero-order valence-electron chi connectivity index (χ0n) is 15.5. The Hall–Kier alpha value is -3.21. The van der Waals surface area contributed by atoms with Gasteiger partial charge >= 0.3 is 0 Å². The number of carbonyl (C=O) groups is 1. The van der Waals surface area contributed by atoms with E-state index < -0.39 is 0 Å². The number of anilines is 1. The fraction of sp³-hybridized carbons (Fsp3) is 0.227. The number of amides is 1. The van der Waals surface area contributed by atoms with Crippen molar-refractivity contribution in [3.8, 4) is 0 Å². The average Bonchev–Trinajstić information content (AvgIpc) is 3.15. The molecule has 5 heteroatoms. The molecule has 3 aromatic rings. The summed E-state index contributed by atoms with van der Waals surface area (Å²) in [5.41, 5.74) is 2.74. The molecule has 0 atom stereocenters. The Kier molecular flexibility index (Phi) is 6.52. The van der Waals surface area contributed by atoms with Crippen LogP contribution < -0.4 is 4.90 Å². The monoisotopic (exact) mass is 360 g/mol. The van der Waals surface area contributed by atoms with Gasteiger partial charge in [-0.2, -0.15) is 0 Å². The summed E-state index contributed by atoms with van der Waals surface area (Å²) in [6.07, 6.45) is 7.13. The van der Waals surface area contributed by atoms with E-state index in [1.165, 1.54) is 0 Å². The molecule has 0 bridgehead atoms. The van der Waals surface area contributed by atoms with Crippen LogP contribution in [0.2, 0.25) is 0 Å². The summed E-state index contributed by atoms with van der Waals surface area (Å²) in [5, 5.41) is 8.27. The predicted octanol–water partition coefficient (Wildman–Crippen LogP) is 4.17. The van der Waals surface area contributed by atoms with Gasteiger partial charge in [-0.25, -0.2) is 4.68 Å². The molecule has 0 spiro atoms. The van der Waals surface area contributed by atoms with Crippen molar-refractivity contribution in [3.63, 3.8) is 0 Å². The topological polar surface area (TPSA) is 51.0 Å². The van der Waals surface area contributed by atoms with Crippen LogP contribution in [-0.4, -0.2) is 27.4 Å². The molecule has 0 radical (unpaired) electrons. The molecular formula is C22H24N4O. The normalized spacial score (nSPS) is 11.0. The van der Waals surface area contributed by atoms with Crippen molar-refractivity contribution >= 4 is 17.7 Å². The molecule has 0 fully saturated rings. The molecule has 27 heavy (non-hydrogen) atoms. The minimum absolute atomic E-state index is 0.0488. The second-order valence-corrected chi connectivity index (χ2v) is 6.34. The maximum absolute atomic E-state index is 12.7. The molecule has 0 N–H and O–H groups in total. The van der Waals surface area contributed by atoms with Crippen LogP contribution in [0.3, 0.4) is 0 Å². The van der Waals surface area contributed by atoms with Crippen molar-refractivity contribution in [2.75, 3.05) is 11.4 Å². The summed E-state index contributed by atoms with van der Waals surface area (Å²) in [6.45, 7) is 3.47. The van der Waals surface area contributed by atoms with E-state index in [-0.39, 0.29) is 5.91 Å². The Morgan fingerprint density at radius 1 is 1.07 bits per heavy atom.